The number of nitrogens with zero attached hydrogens (tertiary/aromatic N) is 2. The molecule has 2 heterocycles. The summed E-state index contributed by atoms with van der Waals surface area (Å²) in [5.74, 6) is -0.326. The van der Waals surface area contributed by atoms with E-state index in [0.29, 0.717) is 5.02 Å². The van der Waals surface area contributed by atoms with Gasteiger partial charge in [0, 0.05) is 43.1 Å². The first-order valence-electron chi connectivity index (χ1n) is 9.53. The van der Waals surface area contributed by atoms with Gasteiger partial charge in [-0.25, -0.2) is 8.42 Å². The Bertz CT molecular complexity index is 915. The van der Waals surface area contributed by atoms with Gasteiger partial charge in [0.1, 0.15) is 0 Å². The predicted octanol–water partition coefficient (Wildman–Crippen LogP) is 2.18. The highest BCUT2D eigenvalue weighted by molar-refractivity contribution is 7.89. The van der Waals surface area contributed by atoms with Gasteiger partial charge in [-0.15, -0.1) is 0 Å². The summed E-state index contributed by atoms with van der Waals surface area (Å²) in [5.41, 5.74) is 1.17. The van der Waals surface area contributed by atoms with E-state index in [1.54, 1.807) is 13.1 Å². The van der Waals surface area contributed by atoms with Gasteiger partial charge in [-0.3, -0.25) is 14.7 Å². The van der Waals surface area contributed by atoms with Gasteiger partial charge in [0.2, 0.25) is 15.9 Å². The van der Waals surface area contributed by atoms with Crippen LogP contribution in [0.3, 0.4) is 0 Å². The lowest BCUT2D eigenvalue weighted by Crippen LogP contribution is -2.50. The summed E-state index contributed by atoms with van der Waals surface area (Å²) in [6, 6.07) is 8.96. The van der Waals surface area contributed by atoms with Crippen LogP contribution >= 0.6 is 11.6 Å². The summed E-state index contributed by atoms with van der Waals surface area (Å²) in [4.78, 5) is 19.0. The number of hydrogen-bond donors (Lipinski definition) is 2. The van der Waals surface area contributed by atoms with Crippen molar-refractivity contribution in [3.05, 3.63) is 59.4 Å². The number of nitrogens with one attached hydrogen (secondary N) is 2. The molecular formula is C20H25ClN4O3S. The van der Waals surface area contributed by atoms with Crippen LogP contribution in [0.1, 0.15) is 25.3 Å². The average molecular weight is 437 g/mol. The lowest BCUT2D eigenvalue weighted by Gasteiger charge is -2.32. The van der Waals surface area contributed by atoms with Crippen LogP contribution in [0.5, 0.6) is 0 Å². The molecule has 0 bridgehead atoms. The van der Waals surface area contributed by atoms with Crippen molar-refractivity contribution in [2.24, 2.45) is 0 Å². The molecule has 3 rings (SSSR count). The Morgan fingerprint density at radius 2 is 1.93 bits per heavy atom. The zero-order valence-corrected chi connectivity index (χ0v) is 17.8. The van der Waals surface area contributed by atoms with Gasteiger partial charge in [0.15, 0.2) is 0 Å². The van der Waals surface area contributed by atoms with Gasteiger partial charge in [-0.05, 0) is 55.7 Å². The summed E-state index contributed by atoms with van der Waals surface area (Å²) in [6.07, 6.45) is 5.27. The first-order valence-corrected chi connectivity index (χ1v) is 11.4. The summed E-state index contributed by atoms with van der Waals surface area (Å²) in [5, 5.41) is 3.41. The molecule has 1 aliphatic heterocycles. The molecule has 1 fully saturated rings. The van der Waals surface area contributed by atoms with E-state index in [2.05, 4.69) is 26.0 Å². The quantitative estimate of drug-likeness (QED) is 0.694. The van der Waals surface area contributed by atoms with E-state index in [1.807, 2.05) is 12.3 Å². The summed E-state index contributed by atoms with van der Waals surface area (Å²) < 4.78 is 27.3. The van der Waals surface area contributed by atoms with Gasteiger partial charge in [0.25, 0.3) is 0 Å². The Labute approximate surface area is 176 Å². The molecule has 1 saturated heterocycles. The molecule has 9 heteroatoms. The van der Waals surface area contributed by atoms with Crippen molar-refractivity contribution in [2.45, 2.75) is 43.3 Å². The molecule has 0 aliphatic carbocycles. The van der Waals surface area contributed by atoms with Crippen molar-refractivity contribution in [1.29, 1.82) is 0 Å². The Balaban J connectivity index is 1.47. The van der Waals surface area contributed by atoms with E-state index in [-0.39, 0.29) is 16.8 Å². The SMILES string of the molecule is C[C@H](NS(=O)(=O)c1ccc(Cl)cc1)C(=O)NC1CCN(Cc2cccnc2)CC1. The van der Waals surface area contributed by atoms with Crippen LogP contribution < -0.4 is 10.0 Å². The molecule has 0 spiro atoms. The third-order valence-corrected chi connectivity index (χ3v) is 6.72. The number of sulfonamides is 1. The highest BCUT2D eigenvalue weighted by Crippen LogP contribution is 2.15. The molecule has 2 N–H and O–H groups in total. The second-order valence-corrected chi connectivity index (χ2v) is 9.37. The third-order valence-electron chi connectivity index (χ3n) is 4.91. The fourth-order valence-electron chi connectivity index (χ4n) is 3.28. The normalized spacial score (nSPS) is 17.0. The van der Waals surface area contributed by atoms with Crippen molar-refractivity contribution in [1.82, 2.24) is 19.9 Å². The monoisotopic (exact) mass is 436 g/mol. The number of rotatable bonds is 7. The fourth-order valence-corrected chi connectivity index (χ4v) is 4.61. The van der Waals surface area contributed by atoms with E-state index < -0.39 is 16.1 Å². The minimum absolute atomic E-state index is 0.0372. The number of carbonyl (C=O) groups is 1. The molecule has 0 radical (unpaired) electrons. The van der Waals surface area contributed by atoms with E-state index in [1.165, 1.54) is 29.8 Å². The minimum Gasteiger partial charge on any atom is -0.352 e. The van der Waals surface area contributed by atoms with Crippen molar-refractivity contribution in [3.63, 3.8) is 0 Å². The standard InChI is InChI=1S/C20H25ClN4O3S/c1-15(24-29(27,28)19-6-4-17(21)5-7-19)20(26)23-18-8-11-25(12-9-18)14-16-3-2-10-22-13-16/h2-7,10,13,15,18,24H,8-9,11-12,14H2,1H3,(H,23,26)/t15-/m0/s1. The molecule has 1 atom stereocenters. The van der Waals surface area contributed by atoms with Gasteiger partial charge >= 0.3 is 0 Å². The van der Waals surface area contributed by atoms with Crippen molar-refractivity contribution >= 4 is 27.5 Å². The van der Waals surface area contributed by atoms with E-state index in [9.17, 15) is 13.2 Å². The van der Waals surface area contributed by atoms with Crippen molar-refractivity contribution in [3.8, 4) is 0 Å². The van der Waals surface area contributed by atoms with Crippen LogP contribution in [-0.2, 0) is 21.4 Å². The van der Waals surface area contributed by atoms with Crippen LogP contribution in [0, 0.1) is 0 Å². The van der Waals surface area contributed by atoms with Crippen LogP contribution in [0.25, 0.3) is 0 Å². The molecule has 1 aromatic heterocycles. The maximum absolute atomic E-state index is 12.5. The van der Waals surface area contributed by atoms with E-state index in [4.69, 9.17) is 11.6 Å². The molecule has 1 aromatic carbocycles. The maximum atomic E-state index is 12.5. The number of halogens is 1. The summed E-state index contributed by atoms with van der Waals surface area (Å²) in [7, 11) is -3.79. The number of benzene rings is 1. The van der Waals surface area contributed by atoms with E-state index in [0.717, 1.165) is 32.5 Å². The maximum Gasteiger partial charge on any atom is 0.241 e. The van der Waals surface area contributed by atoms with Crippen LogP contribution in [0.2, 0.25) is 5.02 Å². The lowest BCUT2D eigenvalue weighted by molar-refractivity contribution is -0.123. The molecule has 0 unspecified atom stereocenters. The number of hydrogen-bond acceptors (Lipinski definition) is 5. The first-order chi connectivity index (χ1) is 13.8. The van der Waals surface area contributed by atoms with Crippen LogP contribution in [-0.4, -0.2) is 49.4 Å². The zero-order valence-electron chi connectivity index (χ0n) is 16.2. The second-order valence-electron chi connectivity index (χ2n) is 7.22. The van der Waals surface area contributed by atoms with Gasteiger partial charge in [-0.2, -0.15) is 4.72 Å². The lowest BCUT2D eigenvalue weighted by atomic mass is 10.0. The molecule has 1 aliphatic rings. The highest BCUT2D eigenvalue weighted by Gasteiger charge is 2.26. The summed E-state index contributed by atoms with van der Waals surface area (Å²) >= 11 is 5.80. The third kappa shape index (κ3) is 6.24. The number of aromatic nitrogens is 1. The average Bonchev–Trinajstić information content (AvgIpc) is 2.70. The molecule has 0 saturated carbocycles. The van der Waals surface area contributed by atoms with E-state index >= 15 is 0 Å². The molecule has 29 heavy (non-hydrogen) atoms. The Morgan fingerprint density at radius 3 is 2.55 bits per heavy atom. The molecule has 7 nitrogen and oxygen atoms in total. The van der Waals surface area contributed by atoms with Crippen molar-refractivity contribution < 1.29 is 13.2 Å². The molecule has 1 amide bonds. The van der Waals surface area contributed by atoms with Crippen LogP contribution in [0.4, 0.5) is 0 Å². The van der Waals surface area contributed by atoms with Gasteiger partial charge < -0.3 is 5.32 Å². The zero-order chi connectivity index (χ0) is 20.9. The minimum atomic E-state index is -3.79. The summed E-state index contributed by atoms with van der Waals surface area (Å²) in [6.45, 7) is 4.11. The van der Waals surface area contributed by atoms with Crippen molar-refractivity contribution in [2.75, 3.05) is 13.1 Å². The largest absolute Gasteiger partial charge is 0.352 e. The number of piperidine rings is 1. The number of pyridine rings is 1. The Kier molecular flexibility index (Phi) is 7.23. The Hall–Kier alpha value is -2.00. The topological polar surface area (TPSA) is 91.4 Å². The number of likely N-dealkylation sites (tertiary alicyclic amines) is 1. The first kappa shape index (κ1) is 21.7. The molecular weight excluding hydrogens is 412 g/mol. The van der Waals surface area contributed by atoms with Gasteiger partial charge in [-0.1, -0.05) is 17.7 Å². The molecule has 2 aromatic rings. The molecule has 156 valence electrons. The van der Waals surface area contributed by atoms with Gasteiger partial charge in [0.05, 0.1) is 10.9 Å². The van der Waals surface area contributed by atoms with Crippen LogP contribution in [0.15, 0.2) is 53.7 Å². The fraction of sp³-hybridized carbons (Fsp3) is 0.400. The number of amides is 1. The second kappa shape index (κ2) is 9.67. The Morgan fingerprint density at radius 1 is 1.24 bits per heavy atom. The predicted molar refractivity (Wildman–Crippen MR) is 112 cm³/mol. The smallest absolute Gasteiger partial charge is 0.241 e. The number of carbonyl (C=O) groups excluding carboxylic acids is 1. The highest BCUT2D eigenvalue weighted by atomic mass is 35.5.